The van der Waals surface area contributed by atoms with Gasteiger partial charge in [-0.15, -0.1) is 11.6 Å². The highest BCUT2D eigenvalue weighted by Gasteiger charge is 2.56. The molecule has 30 heavy (non-hydrogen) atoms. The van der Waals surface area contributed by atoms with Crippen molar-refractivity contribution in [3.8, 4) is 5.75 Å². The fourth-order valence-corrected chi connectivity index (χ4v) is 6.41. The zero-order valence-electron chi connectivity index (χ0n) is 17.8. The molecule has 0 radical (unpaired) electrons. The molecule has 4 fully saturated rings. The first-order valence-electron chi connectivity index (χ1n) is 10.7. The monoisotopic (exact) mass is 452 g/mol. The summed E-state index contributed by atoms with van der Waals surface area (Å²) < 4.78 is 6.09. The lowest BCUT2D eigenvalue weighted by Crippen LogP contribution is -2.67. The van der Waals surface area contributed by atoms with Crippen LogP contribution in [0, 0.1) is 24.7 Å². The highest BCUT2D eigenvalue weighted by atomic mass is 35.5. The first-order valence-corrected chi connectivity index (χ1v) is 11.7. The predicted octanol–water partition coefficient (Wildman–Crippen LogP) is 4.22. The molecule has 0 heterocycles. The number of hydrogen-bond donors (Lipinski definition) is 2. The molecule has 4 bridgehead atoms. The topological polar surface area (TPSA) is 67.4 Å². The quantitative estimate of drug-likeness (QED) is 0.634. The summed E-state index contributed by atoms with van der Waals surface area (Å²) in [6.45, 7) is 5.52. The Morgan fingerprint density at radius 1 is 1.20 bits per heavy atom. The molecule has 1 aromatic rings. The van der Waals surface area contributed by atoms with Crippen LogP contribution in [0.25, 0.3) is 0 Å². The van der Waals surface area contributed by atoms with E-state index in [-0.39, 0.29) is 29.3 Å². The van der Waals surface area contributed by atoms with E-state index >= 15 is 0 Å². The van der Waals surface area contributed by atoms with Gasteiger partial charge in [-0.1, -0.05) is 11.6 Å². The molecule has 5 nitrogen and oxygen atoms in total. The fourth-order valence-electron chi connectivity index (χ4n) is 6.12. The maximum Gasteiger partial charge on any atom is 0.263 e. The number of nitrogens with one attached hydrogen (secondary N) is 2. The summed E-state index contributed by atoms with van der Waals surface area (Å²) in [6, 6.07) is 5.53. The van der Waals surface area contributed by atoms with Crippen molar-refractivity contribution in [1.29, 1.82) is 0 Å². The zero-order chi connectivity index (χ0) is 21.7. The van der Waals surface area contributed by atoms with Gasteiger partial charge in [0.25, 0.3) is 5.91 Å². The standard InChI is InChI=1S/C23H30Cl2N2O3/c1-13-6-17(25)4-5-18(13)30-22(2,3)21(29)26-20-15-7-14-8-16(20)11-23(9-14,10-15)27-19(28)12-24/h4-6,14-16,20H,7-12H2,1-3H3,(H,26,29)(H,27,28)/t14?,15-,16+,20+,23+. The largest absolute Gasteiger partial charge is 0.478 e. The van der Waals surface area contributed by atoms with Crippen molar-refractivity contribution in [1.82, 2.24) is 10.6 Å². The van der Waals surface area contributed by atoms with Crippen LogP contribution in [-0.2, 0) is 9.59 Å². The first-order chi connectivity index (χ1) is 14.1. The number of aryl methyl sites for hydroxylation is 1. The molecule has 0 saturated heterocycles. The number of rotatable bonds is 6. The number of halogens is 2. The second-order valence-electron chi connectivity index (χ2n) is 9.95. The Kier molecular flexibility index (Phi) is 5.73. The minimum atomic E-state index is -1.00. The lowest BCUT2D eigenvalue weighted by Gasteiger charge is -2.60. The number of carbonyl (C=O) groups is 2. The Morgan fingerprint density at radius 2 is 1.87 bits per heavy atom. The molecule has 0 spiro atoms. The summed E-state index contributed by atoms with van der Waals surface area (Å²) in [5.41, 5.74) is -0.247. The van der Waals surface area contributed by atoms with Gasteiger partial charge >= 0.3 is 0 Å². The summed E-state index contributed by atoms with van der Waals surface area (Å²) in [6.07, 6.45) is 5.07. The molecule has 2 amide bonds. The first kappa shape index (κ1) is 21.8. The molecular weight excluding hydrogens is 423 g/mol. The Bertz CT molecular complexity index is 841. The van der Waals surface area contributed by atoms with Crippen molar-refractivity contribution < 1.29 is 14.3 Å². The molecule has 4 aliphatic rings. The number of benzene rings is 1. The van der Waals surface area contributed by atoms with Gasteiger partial charge in [-0.05, 0) is 94.4 Å². The summed E-state index contributed by atoms with van der Waals surface area (Å²) in [5, 5.41) is 7.16. The van der Waals surface area contributed by atoms with Crippen LogP contribution >= 0.6 is 23.2 Å². The maximum absolute atomic E-state index is 13.2. The van der Waals surface area contributed by atoms with E-state index < -0.39 is 5.60 Å². The van der Waals surface area contributed by atoms with E-state index in [1.165, 1.54) is 0 Å². The van der Waals surface area contributed by atoms with E-state index in [1.807, 2.05) is 13.0 Å². The van der Waals surface area contributed by atoms with Crippen molar-refractivity contribution >= 4 is 35.0 Å². The molecule has 4 saturated carbocycles. The van der Waals surface area contributed by atoms with E-state index in [4.69, 9.17) is 27.9 Å². The van der Waals surface area contributed by atoms with E-state index in [0.717, 1.165) is 37.7 Å². The number of hydrogen-bond acceptors (Lipinski definition) is 3. The molecule has 1 unspecified atom stereocenters. The third-order valence-electron chi connectivity index (χ3n) is 7.15. The van der Waals surface area contributed by atoms with Gasteiger partial charge in [0, 0.05) is 16.6 Å². The summed E-state index contributed by atoms with van der Waals surface area (Å²) in [7, 11) is 0. The third-order valence-corrected chi connectivity index (χ3v) is 7.62. The Morgan fingerprint density at radius 3 is 2.47 bits per heavy atom. The molecule has 4 aliphatic carbocycles. The lowest BCUT2D eigenvalue weighted by atomic mass is 9.51. The number of amides is 2. The smallest absolute Gasteiger partial charge is 0.263 e. The number of ether oxygens (including phenoxy) is 1. The highest BCUT2D eigenvalue weighted by molar-refractivity contribution is 6.30. The van der Waals surface area contributed by atoms with Crippen LogP contribution < -0.4 is 15.4 Å². The Hall–Kier alpha value is -1.46. The molecule has 5 atom stereocenters. The molecule has 2 N–H and O–H groups in total. The Balaban J connectivity index is 1.44. The van der Waals surface area contributed by atoms with Crippen molar-refractivity contribution in [2.45, 2.75) is 70.1 Å². The molecule has 164 valence electrons. The van der Waals surface area contributed by atoms with Gasteiger partial charge in [-0.3, -0.25) is 9.59 Å². The van der Waals surface area contributed by atoms with Crippen LogP contribution in [0.4, 0.5) is 0 Å². The predicted molar refractivity (Wildman–Crippen MR) is 118 cm³/mol. The summed E-state index contributed by atoms with van der Waals surface area (Å²) in [5.74, 6) is 1.84. The molecule has 0 aliphatic heterocycles. The maximum atomic E-state index is 13.2. The fraction of sp³-hybridized carbons (Fsp3) is 0.652. The van der Waals surface area contributed by atoms with Crippen LogP contribution in [0.15, 0.2) is 18.2 Å². The second kappa shape index (κ2) is 7.90. The number of carbonyl (C=O) groups excluding carboxylic acids is 2. The van der Waals surface area contributed by atoms with Crippen LogP contribution in [0.3, 0.4) is 0 Å². The van der Waals surface area contributed by atoms with Crippen molar-refractivity contribution in [3.63, 3.8) is 0 Å². The van der Waals surface area contributed by atoms with E-state index in [1.54, 1.807) is 26.0 Å². The molecule has 0 aromatic heterocycles. The normalized spacial score (nSPS) is 32.0. The Labute approximate surface area is 188 Å². The summed E-state index contributed by atoms with van der Waals surface area (Å²) >= 11 is 11.8. The SMILES string of the molecule is Cc1cc(Cl)ccc1OC(C)(C)C(=O)N[C@H]1[C@@H]2CC3C[C@H]1C[C@](NC(=O)CCl)(C3)C2. The molecule has 5 rings (SSSR count). The second-order valence-corrected chi connectivity index (χ2v) is 10.7. The van der Waals surface area contributed by atoms with Crippen molar-refractivity contribution in [2.24, 2.45) is 17.8 Å². The van der Waals surface area contributed by atoms with Crippen LogP contribution in [0.1, 0.15) is 51.5 Å². The summed E-state index contributed by atoms with van der Waals surface area (Å²) in [4.78, 5) is 25.2. The van der Waals surface area contributed by atoms with Gasteiger partial charge < -0.3 is 15.4 Å². The third kappa shape index (κ3) is 4.16. The molecular formula is C23H30Cl2N2O3. The van der Waals surface area contributed by atoms with Gasteiger partial charge in [0.2, 0.25) is 5.91 Å². The molecule has 7 heteroatoms. The van der Waals surface area contributed by atoms with Gasteiger partial charge in [-0.2, -0.15) is 0 Å². The van der Waals surface area contributed by atoms with E-state index in [2.05, 4.69) is 10.6 Å². The van der Waals surface area contributed by atoms with E-state index in [9.17, 15) is 9.59 Å². The lowest BCUT2D eigenvalue weighted by molar-refractivity contribution is -0.140. The highest BCUT2D eigenvalue weighted by Crippen LogP contribution is 2.55. The molecule has 1 aromatic carbocycles. The zero-order valence-corrected chi connectivity index (χ0v) is 19.3. The minimum absolute atomic E-state index is 0.00242. The van der Waals surface area contributed by atoms with Crippen LogP contribution in [0.2, 0.25) is 5.02 Å². The van der Waals surface area contributed by atoms with E-state index in [0.29, 0.717) is 28.5 Å². The van der Waals surface area contributed by atoms with Crippen molar-refractivity contribution in [3.05, 3.63) is 28.8 Å². The van der Waals surface area contributed by atoms with Gasteiger partial charge in [-0.25, -0.2) is 0 Å². The van der Waals surface area contributed by atoms with Gasteiger partial charge in [0.05, 0.1) is 0 Å². The van der Waals surface area contributed by atoms with Crippen LogP contribution in [-0.4, -0.2) is 34.9 Å². The number of alkyl halides is 1. The van der Waals surface area contributed by atoms with Gasteiger partial charge in [0.15, 0.2) is 5.60 Å². The minimum Gasteiger partial charge on any atom is -0.478 e. The van der Waals surface area contributed by atoms with Crippen LogP contribution in [0.5, 0.6) is 5.75 Å². The average molecular weight is 453 g/mol. The average Bonchev–Trinajstić information content (AvgIpc) is 2.65. The van der Waals surface area contributed by atoms with Crippen molar-refractivity contribution in [2.75, 3.05) is 5.88 Å². The van der Waals surface area contributed by atoms with Gasteiger partial charge in [0.1, 0.15) is 11.6 Å².